The Morgan fingerprint density at radius 3 is 1.81 bits per heavy atom. The van der Waals surface area contributed by atoms with Gasteiger partial charge in [0.2, 0.25) is 0 Å². The minimum atomic E-state index is 0.137. The van der Waals surface area contributed by atoms with Crippen molar-refractivity contribution >= 4 is 29.2 Å². The Hall–Kier alpha value is -0.150. The van der Waals surface area contributed by atoms with Crippen molar-refractivity contribution in [2.75, 3.05) is 24.8 Å². The molecular formula is C11H18Cl2N2O. The number of amides is 2. The molecule has 2 amide bonds. The van der Waals surface area contributed by atoms with E-state index < -0.39 is 0 Å². The fourth-order valence-corrected chi connectivity index (χ4v) is 3.34. The number of alkyl halides is 2. The molecule has 0 aromatic heterocycles. The summed E-state index contributed by atoms with van der Waals surface area (Å²) >= 11 is 11.5. The summed E-state index contributed by atoms with van der Waals surface area (Å²) in [6, 6.07) is 0.893. The fraction of sp³-hybridized carbons (Fsp3) is 0.909. The molecule has 5 heteroatoms. The van der Waals surface area contributed by atoms with Gasteiger partial charge in [0.25, 0.3) is 0 Å². The lowest BCUT2D eigenvalue weighted by molar-refractivity contribution is 0.189. The van der Waals surface area contributed by atoms with Crippen LogP contribution in [0.4, 0.5) is 4.79 Å². The van der Waals surface area contributed by atoms with Crippen LogP contribution < -0.4 is 0 Å². The maximum atomic E-state index is 12.2. The van der Waals surface area contributed by atoms with Gasteiger partial charge in [-0.3, -0.25) is 0 Å². The minimum absolute atomic E-state index is 0.137. The van der Waals surface area contributed by atoms with Gasteiger partial charge in [-0.05, 0) is 12.8 Å². The third-order valence-corrected chi connectivity index (χ3v) is 3.97. The second-order valence-electron chi connectivity index (χ2n) is 4.47. The maximum Gasteiger partial charge on any atom is 0.320 e. The van der Waals surface area contributed by atoms with Crippen LogP contribution in [-0.2, 0) is 0 Å². The Bertz CT molecular complexity index is 238. The van der Waals surface area contributed by atoms with Crippen molar-refractivity contribution in [2.24, 2.45) is 0 Å². The molecule has 2 atom stereocenters. The van der Waals surface area contributed by atoms with E-state index in [9.17, 15) is 4.79 Å². The van der Waals surface area contributed by atoms with E-state index in [1.54, 1.807) is 0 Å². The van der Waals surface area contributed by atoms with Crippen LogP contribution in [0.5, 0.6) is 0 Å². The number of urea groups is 1. The zero-order chi connectivity index (χ0) is 11.5. The van der Waals surface area contributed by atoms with Gasteiger partial charge in [0.1, 0.15) is 0 Å². The van der Waals surface area contributed by atoms with Crippen LogP contribution in [-0.4, -0.2) is 52.8 Å². The van der Waals surface area contributed by atoms with Gasteiger partial charge < -0.3 is 9.80 Å². The van der Waals surface area contributed by atoms with E-state index in [4.69, 9.17) is 23.2 Å². The van der Waals surface area contributed by atoms with Crippen molar-refractivity contribution in [3.8, 4) is 0 Å². The highest BCUT2D eigenvalue weighted by Crippen LogP contribution is 2.33. The Kier molecular flexibility index (Phi) is 4.20. The molecule has 0 aromatic carbocycles. The number of carbonyl (C=O) groups excluding carboxylic acids is 1. The molecule has 1 aliphatic carbocycles. The van der Waals surface area contributed by atoms with Crippen LogP contribution in [0.2, 0.25) is 0 Å². The van der Waals surface area contributed by atoms with Crippen molar-refractivity contribution in [3.05, 3.63) is 0 Å². The van der Waals surface area contributed by atoms with Gasteiger partial charge in [-0.2, -0.15) is 0 Å². The lowest BCUT2D eigenvalue weighted by Gasteiger charge is -2.31. The molecule has 2 rings (SSSR count). The lowest BCUT2D eigenvalue weighted by atomic mass is 9.90. The largest absolute Gasteiger partial charge is 0.320 e. The topological polar surface area (TPSA) is 23.6 Å². The second kappa shape index (κ2) is 5.46. The first-order valence-corrected chi connectivity index (χ1v) is 7.05. The summed E-state index contributed by atoms with van der Waals surface area (Å²) in [6.07, 6.45) is 4.68. The minimum Gasteiger partial charge on any atom is -0.318 e. The highest BCUT2D eigenvalue weighted by atomic mass is 35.5. The predicted molar refractivity (Wildman–Crippen MR) is 66.3 cm³/mol. The summed E-state index contributed by atoms with van der Waals surface area (Å²) in [5.74, 6) is 1.04. The van der Waals surface area contributed by atoms with Crippen LogP contribution in [0.25, 0.3) is 0 Å². The zero-order valence-corrected chi connectivity index (χ0v) is 10.9. The van der Waals surface area contributed by atoms with E-state index >= 15 is 0 Å². The molecule has 2 aliphatic rings. The Morgan fingerprint density at radius 2 is 1.44 bits per heavy atom. The molecule has 0 bridgehead atoms. The Labute approximate surface area is 107 Å². The van der Waals surface area contributed by atoms with Gasteiger partial charge in [0.15, 0.2) is 0 Å². The summed E-state index contributed by atoms with van der Waals surface area (Å²) in [6.45, 7) is 1.33. The molecule has 2 fully saturated rings. The van der Waals surface area contributed by atoms with Crippen molar-refractivity contribution in [1.29, 1.82) is 0 Å². The Balaban J connectivity index is 2.12. The number of fused-ring (bicyclic) bond motifs is 1. The van der Waals surface area contributed by atoms with Crippen molar-refractivity contribution in [3.63, 3.8) is 0 Å². The summed E-state index contributed by atoms with van der Waals surface area (Å²) in [5.41, 5.74) is 0. The van der Waals surface area contributed by atoms with Crippen LogP contribution in [0.3, 0.4) is 0 Å². The maximum absolute atomic E-state index is 12.2. The number of carbonyl (C=O) groups is 1. The van der Waals surface area contributed by atoms with E-state index in [-0.39, 0.29) is 6.03 Å². The van der Waals surface area contributed by atoms with Gasteiger partial charge in [-0.1, -0.05) is 12.8 Å². The molecule has 1 saturated carbocycles. The molecule has 1 saturated heterocycles. The van der Waals surface area contributed by atoms with Crippen LogP contribution >= 0.6 is 23.2 Å². The number of nitrogens with zero attached hydrogens (tertiary/aromatic N) is 2. The third-order valence-electron chi connectivity index (χ3n) is 3.64. The molecule has 1 aliphatic heterocycles. The molecule has 0 N–H and O–H groups in total. The highest BCUT2D eigenvalue weighted by molar-refractivity contribution is 6.18. The molecular weight excluding hydrogens is 247 g/mol. The average Bonchev–Trinajstić information content (AvgIpc) is 2.56. The molecule has 0 spiro atoms. The first-order valence-electron chi connectivity index (χ1n) is 5.98. The van der Waals surface area contributed by atoms with Crippen molar-refractivity contribution in [2.45, 2.75) is 37.8 Å². The van der Waals surface area contributed by atoms with Gasteiger partial charge >= 0.3 is 6.03 Å². The summed E-state index contributed by atoms with van der Waals surface area (Å²) < 4.78 is 0. The summed E-state index contributed by atoms with van der Waals surface area (Å²) in [4.78, 5) is 16.1. The highest BCUT2D eigenvalue weighted by Gasteiger charge is 2.45. The Morgan fingerprint density at radius 1 is 1.00 bits per heavy atom. The molecule has 1 heterocycles. The van der Waals surface area contributed by atoms with E-state index in [1.807, 2.05) is 9.80 Å². The zero-order valence-electron chi connectivity index (χ0n) is 9.37. The van der Waals surface area contributed by atoms with E-state index in [2.05, 4.69) is 0 Å². The quantitative estimate of drug-likeness (QED) is 0.716. The van der Waals surface area contributed by atoms with Crippen molar-refractivity contribution < 1.29 is 4.79 Å². The molecule has 92 valence electrons. The fourth-order valence-electron chi connectivity index (χ4n) is 2.97. The average molecular weight is 265 g/mol. The standard InChI is InChI=1S/C11H18Cl2N2O/c12-5-7-14-9-3-1-2-4-10(9)15(8-6-13)11(14)16/h9-10H,1-8H2. The van der Waals surface area contributed by atoms with E-state index in [0.29, 0.717) is 36.9 Å². The number of hydrogen-bond acceptors (Lipinski definition) is 1. The number of hydrogen-bond donors (Lipinski definition) is 0. The summed E-state index contributed by atoms with van der Waals surface area (Å²) in [7, 11) is 0. The molecule has 0 radical (unpaired) electrons. The van der Waals surface area contributed by atoms with Gasteiger partial charge in [0.05, 0.1) is 12.1 Å². The van der Waals surface area contributed by atoms with Crippen LogP contribution in [0.15, 0.2) is 0 Å². The van der Waals surface area contributed by atoms with Gasteiger partial charge in [-0.25, -0.2) is 4.79 Å². The normalized spacial score (nSPS) is 29.8. The van der Waals surface area contributed by atoms with Crippen LogP contribution in [0, 0.1) is 0 Å². The van der Waals surface area contributed by atoms with Gasteiger partial charge in [-0.15, -0.1) is 23.2 Å². The molecule has 2 unspecified atom stereocenters. The number of halogens is 2. The smallest absolute Gasteiger partial charge is 0.318 e. The monoisotopic (exact) mass is 264 g/mol. The van der Waals surface area contributed by atoms with Crippen LogP contribution in [0.1, 0.15) is 25.7 Å². The SMILES string of the molecule is O=C1N(CCCl)C2CCCCC2N1CCCl. The lowest BCUT2D eigenvalue weighted by Crippen LogP contribution is -2.40. The van der Waals surface area contributed by atoms with Crippen molar-refractivity contribution in [1.82, 2.24) is 9.80 Å². The first kappa shape index (κ1) is 12.3. The predicted octanol–water partition coefficient (Wildman–Crippen LogP) is 2.51. The third kappa shape index (κ3) is 2.12. The molecule has 0 aromatic rings. The molecule has 16 heavy (non-hydrogen) atoms. The molecule has 3 nitrogen and oxygen atoms in total. The second-order valence-corrected chi connectivity index (χ2v) is 5.22. The van der Waals surface area contributed by atoms with E-state index in [0.717, 1.165) is 12.8 Å². The summed E-state index contributed by atoms with van der Waals surface area (Å²) in [5, 5.41) is 0. The van der Waals surface area contributed by atoms with Gasteiger partial charge in [0, 0.05) is 24.8 Å². The van der Waals surface area contributed by atoms with E-state index in [1.165, 1.54) is 12.8 Å². The number of rotatable bonds is 4. The first-order chi connectivity index (χ1) is 7.79.